The quantitative estimate of drug-likeness (QED) is 0.772. The first-order valence-corrected chi connectivity index (χ1v) is 8.31. The summed E-state index contributed by atoms with van der Waals surface area (Å²) in [6.07, 6.45) is 3.53. The molecule has 1 saturated heterocycles. The zero-order valence-corrected chi connectivity index (χ0v) is 13.6. The third kappa shape index (κ3) is 3.23. The third-order valence-electron chi connectivity index (χ3n) is 4.76. The lowest BCUT2D eigenvalue weighted by Gasteiger charge is -2.19. The molecular weight excluding hydrogens is 317 g/mol. The summed E-state index contributed by atoms with van der Waals surface area (Å²) in [7, 11) is 0. The van der Waals surface area contributed by atoms with Crippen LogP contribution in [0.5, 0.6) is 0 Å². The number of rotatable bonds is 3. The molecule has 4 rings (SSSR count). The van der Waals surface area contributed by atoms with Crippen LogP contribution < -0.4 is 10.6 Å². The van der Waals surface area contributed by atoms with Gasteiger partial charge in [-0.15, -0.1) is 0 Å². The highest BCUT2D eigenvalue weighted by molar-refractivity contribution is 5.96. The molecule has 1 aromatic heterocycles. The van der Waals surface area contributed by atoms with Gasteiger partial charge in [0.05, 0.1) is 5.92 Å². The topological polar surface area (TPSA) is 54.0 Å². The van der Waals surface area contributed by atoms with Crippen LogP contribution in [0, 0.1) is 11.7 Å². The number of benzene rings is 2. The summed E-state index contributed by atoms with van der Waals surface area (Å²) < 4.78 is 13.1. The predicted molar refractivity (Wildman–Crippen MR) is 95.9 cm³/mol. The van der Waals surface area contributed by atoms with E-state index >= 15 is 0 Å². The van der Waals surface area contributed by atoms with Gasteiger partial charge in [-0.1, -0.05) is 18.2 Å². The summed E-state index contributed by atoms with van der Waals surface area (Å²) in [5.74, 6) is -0.419. The van der Waals surface area contributed by atoms with Crippen LogP contribution in [-0.2, 0) is 4.79 Å². The molecule has 3 aromatic rings. The molecule has 1 aliphatic rings. The lowest BCUT2D eigenvalue weighted by molar-refractivity contribution is -0.119. The number of nitrogens with zero attached hydrogens (tertiary/aromatic N) is 1. The Bertz CT molecular complexity index is 910. The number of carbonyl (C=O) groups excluding carboxylic acids is 1. The lowest BCUT2D eigenvalue weighted by Crippen LogP contribution is -2.28. The Labute approximate surface area is 145 Å². The van der Waals surface area contributed by atoms with Gasteiger partial charge < -0.3 is 10.6 Å². The van der Waals surface area contributed by atoms with E-state index in [1.54, 1.807) is 24.5 Å². The Balaban J connectivity index is 1.53. The van der Waals surface area contributed by atoms with Crippen LogP contribution >= 0.6 is 0 Å². The van der Waals surface area contributed by atoms with Gasteiger partial charge in [-0.25, -0.2) is 4.39 Å². The molecule has 0 spiro atoms. The fourth-order valence-corrected chi connectivity index (χ4v) is 3.41. The van der Waals surface area contributed by atoms with Crippen molar-refractivity contribution >= 4 is 22.4 Å². The predicted octanol–water partition coefficient (Wildman–Crippen LogP) is 3.32. The van der Waals surface area contributed by atoms with E-state index in [1.807, 2.05) is 24.3 Å². The Kier molecular flexibility index (Phi) is 4.15. The van der Waals surface area contributed by atoms with Crippen molar-refractivity contribution in [1.29, 1.82) is 0 Å². The first-order valence-electron chi connectivity index (χ1n) is 8.31. The van der Waals surface area contributed by atoms with Crippen LogP contribution in [0.4, 0.5) is 10.1 Å². The van der Waals surface area contributed by atoms with Gasteiger partial charge in [-0.2, -0.15) is 0 Å². The van der Waals surface area contributed by atoms with Gasteiger partial charge in [-0.05, 0) is 41.3 Å². The van der Waals surface area contributed by atoms with Gasteiger partial charge in [0.2, 0.25) is 5.91 Å². The van der Waals surface area contributed by atoms with E-state index in [9.17, 15) is 9.18 Å². The molecule has 5 heteroatoms. The Morgan fingerprint density at radius 1 is 1.08 bits per heavy atom. The molecule has 0 radical (unpaired) electrons. The number of nitrogens with one attached hydrogen (secondary N) is 2. The molecule has 2 heterocycles. The normalized spacial score (nSPS) is 19.9. The van der Waals surface area contributed by atoms with Crippen molar-refractivity contribution < 1.29 is 9.18 Å². The van der Waals surface area contributed by atoms with Crippen LogP contribution in [0.25, 0.3) is 10.8 Å². The fourth-order valence-electron chi connectivity index (χ4n) is 3.41. The van der Waals surface area contributed by atoms with E-state index in [1.165, 1.54) is 12.1 Å². The number of fused-ring (bicyclic) bond motifs is 1. The second-order valence-electron chi connectivity index (χ2n) is 6.35. The second-order valence-corrected chi connectivity index (χ2v) is 6.35. The number of aromatic nitrogens is 1. The summed E-state index contributed by atoms with van der Waals surface area (Å²) in [6.45, 7) is 1.33. The van der Waals surface area contributed by atoms with E-state index in [-0.39, 0.29) is 23.6 Å². The molecule has 4 nitrogen and oxygen atoms in total. The van der Waals surface area contributed by atoms with Crippen LogP contribution in [0.1, 0.15) is 11.5 Å². The van der Waals surface area contributed by atoms with E-state index in [0.29, 0.717) is 13.1 Å². The van der Waals surface area contributed by atoms with Crippen molar-refractivity contribution in [3.63, 3.8) is 0 Å². The SMILES string of the molecule is O=C(Nc1ccc2cnccc2c1)[C@H]1CNC[C@@H]1c1ccc(F)cc1. The highest BCUT2D eigenvalue weighted by Gasteiger charge is 2.34. The van der Waals surface area contributed by atoms with Crippen molar-refractivity contribution in [2.45, 2.75) is 5.92 Å². The van der Waals surface area contributed by atoms with E-state index < -0.39 is 0 Å². The van der Waals surface area contributed by atoms with Gasteiger partial charge >= 0.3 is 0 Å². The van der Waals surface area contributed by atoms with Crippen LogP contribution in [0.15, 0.2) is 60.9 Å². The molecule has 25 heavy (non-hydrogen) atoms. The van der Waals surface area contributed by atoms with Gasteiger partial charge in [0.1, 0.15) is 5.82 Å². The molecular formula is C20H18FN3O. The molecule has 0 bridgehead atoms. The number of hydrogen-bond acceptors (Lipinski definition) is 3. The zero-order chi connectivity index (χ0) is 17.2. The van der Waals surface area contributed by atoms with Gasteiger partial charge in [0.15, 0.2) is 0 Å². The molecule has 1 aliphatic heterocycles. The highest BCUT2D eigenvalue weighted by Crippen LogP contribution is 2.29. The number of amides is 1. The average Bonchev–Trinajstić information content (AvgIpc) is 3.12. The summed E-state index contributed by atoms with van der Waals surface area (Å²) >= 11 is 0. The number of carbonyl (C=O) groups is 1. The van der Waals surface area contributed by atoms with Crippen LogP contribution in [0.3, 0.4) is 0 Å². The molecule has 126 valence electrons. The Hall–Kier alpha value is -2.79. The summed E-state index contributed by atoms with van der Waals surface area (Å²) in [5.41, 5.74) is 1.75. The fraction of sp³-hybridized carbons (Fsp3) is 0.200. The summed E-state index contributed by atoms with van der Waals surface area (Å²) in [5, 5.41) is 8.35. The van der Waals surface area contributed by atoms with Crippen LogP contribution in [0.2, 0.25) is 0 Å². The van der Waals surface area contributed by atoms with E-state index in [4.69, 9.17) is 0 Å². The number of halogens is 1. The van der Waals surface area contributed by atoms with Crippen molar-refractivity contribution in [3.05, 3.63) is 72.3 Å². The van der Waals surface area contributed by atoms with Crippen molar-refractivity contribution in [2.75, 3.05) is 18.4 Å². The minimum atomic E-state index is -0.263. The minimum Gasteiger partial charge on any atom is -0.326 e. The summed E-state index contributed by atoms with van der Waals surface area (Å²) in [4.78, 5) is 16.9. The first kappa shape index (κ1) is 15.7. The van der Waals surface area contributed by atoms with Gasteiger partial charge in [-0.3, -0.25) is 9.78 Å². The highest BCUT2D eigenvalue weighted by atomic mass is 19.1. The number of hydrogen-bond donors (Lipinski definition) is 2. The van der Waals surface area contributed by atoms with E-state index in [2.05, 4.69) is 15.6 Å². The molecule has 2 N–H and O–H groups in total. The Morgan fingerprint density at radius 2 is 1.92 bits per heavy atom. The first-order chi connectivity index (χ1) is 12.2. The molecule has 2 atom stereocenters. The largest absolute Gasteiger partial charge is 0.326 e. The molecule has 0 unspecified atom stereocenters. The number of pyridine rings is 1. The van der Waals surface area contributed by atoms with Crippen molar-refractivity contribution in [3.8, 4) is 0 Å². The lowest BCUT2D eigenvalue weighted by atomic mass is 9.88. The second kappa shape index (κ2) is 6.61. The standard InChI is InChI=1S/C20H18FN3O/c21-16-4-1-13(2-5-16)18-11-23-12-19(18)20(25)24-17-6-3-15-10-22-8-7-14(15)9-17/h1-10,18-19,23H,11-12H2,(H,24,25)/t18-,19+/m1/s1. The molecule has 2 aromatic carbocycles. The maximum atomic E-state index is 13.1. The maximum absolute atomic E-state index is 13.1. The van der Waals surface area contributed by atoms with Crippen molar-refractivity contribution in [1.82, 2.24) is 10.3 Å². The smallest absolute Gasteiger partial charge is 0.229 e. The van der Waals surface area contributed by atoms with Crippen LogP contribution in [-0.4, -0.2) is 24.0 Å². The summed E-state index contributed by atoms with van der Waals surface area (Å²) in [6, 6.07) is 14.1. The molecule has 0 saturated carbocycles. The number of anilines is 1. The zero-order valence-electron chi connectivity index (χ0n) is 13.6. The maximum Gasteiger partial charge on any atom is 0.229 e. The minimum absolute atomic E-state index is 0.0206. The molecule has 0 aliphatic carbocycles. The third-order valence-corrected chi connectivity index (χ3v) is 4.76. The molecule has 1 fully saturated rings. The molecule has 1 amide bonds. The average molecular weight is 335 g/mol. The van der Waals surface area contributed by atoms with Gasteiger partial charge in [0.25, 0.3) is 0 Å². The van der Waals surface area contributed by atoms with Gasteiger partial charge in [0, 0.05) is 42.5 Å². The Morgan fingerprint density at radius 3 is 2.76 bits per heavy atom. The van der Waals surface area contributed by atoms with E-state index in [0.717, 1.165) is 22.0 Å². The van der Waals surface area contributed by atoms with Crippen molar-refractivity contribution in [2.24, 2.45) is 5.92 Å². The monoisotopic (exact) mass is 335 g/mol.